The van der Waals surface area contributed by atoms with E-state index in [9.17, 15) is 5.11 Å². The molecule has 1 heterocycles. The van der Waals surface area contributed by atoms with Crippen molar-refractivity contribution in [3.8, 4) is 0 Å². The average molecular weight is 225 g/mol. The molecular formula is C14H27NO. The van der Waals surface area contributed by atoms with Gasteiger partial charge in [-0.05, 0) is 59.0 Å². The molecule has 16 heavy (non-hydrogen) atoms. The average Bonchev–Trinajstić information content (AvgIpc) is 2.55. The molecule has 1 rings (SSSR count). The summed E-state index contributed by atoms with van der Waals surface area (Å²) in [6.07, 6.45) is 3.01. The lowest BCUT2D eigenvalue weighted by molar-refractivity contribution is 0.0705. The van der Waals surface area contributed by atoms with Gasteiger partial charge in [0.2, 0.25) is 0 Å². The van der Waals surface area contributed by atoms with Gasteiger partial charge in [-0.2, -0.15) is 0 Å². The minimum atomic E-state index is -0.560. The molecule has 0 spiro atoms. The highest BCUT2D eigenvalue weighted by Gasteiger charge is 2.31. The highest BCUT2D eigenvalue weighted by Crippen LogP contribution is 2.32. The lowest BCUT2D eigenvalue weighted by atomic mass is 9.88. The summed E-state index contributed by atoms with van der Waals surface area (Å²) in [5.41, 5.74) is 0.764. The van der Waals surface area contributed by atoms with E-state index in [2.05, 4.69) is 25.3 Å². The van der Waals surface area contributed by atoms with Crippen LogP contribution in [0.2, 0.25) is 0 Å². The fourth-order valence-corrected chi connectivity index (χ4v) is 2.65. The summed E-state index contributed by atoms with van der Waals surface area (Å²) in [6.45, 7) is 14.8. The van der Waals surface area contributed by atoms with Crippen LogP contribution in [0.4, 0.5) is 0 Å². The molecule has 1 saturated heterocycles. The van der Waals surface area contributed by atoms with Crippen LogP contribution in [-0.4, -0.2) is 34.7 Å². The van der Waals surface area contributed by atoms with Gasteiger partial charge in [0.25, 0.3) is 0 Å². The first-order chi connectivity index (χ1) is 7.35. The van der Waals surface area contributed by atoms with Crippen LogP contribution < -0.4 is 0 Å². The quantitative estimate of drug-likeness (QED) is 0.727. The first-order valence-corrected chi connectivity index (χ1v) is 6.49. The number of nitrogens with zero attached hydrogens (tertiary/aromatic N) is 1. The van der Waals surface area contributed by atoms with Crippen LogP contribution >= 0.6 is 0 Å². The third-order valence-corrected chi connectivity index (χ3v) is 3.87. The van der Waals surface area contributed by atoms with Gasteiger partial charge in [-0.3, -0.25) is 0 Å². The molecule has 0 bridgehead atoms. The van der Waals surface area contributed by atoms with Gasteiger partial charge in [-0.15, -0.1) is 0 Å². The summed E-state index contributed by atoms with van der Waals surface area (Å²) in [6, 6.07) is 0.624. The molecule has 1 N–H and O–H groups in total. The highest BCUT2D eigenvalue weighted by molar-refractivity contribution is 5.08. The van der Waals surface area contributed by atoms with Crippen molar-refractivity contribution in [1.82, 2.24) is 4.90 Å². The molecule has 1 fully saturated rings. The maximum Gasteiger partial charge on any atom is 0.0594 e. The number of aliphatic hydroxyl groups is 1. The summed E-state index contributed by atoms with van der Waals surface area (Å²) >= 11 is 0. The first-order valence-electron chi connectivity index (χ1n) is 6.49. The van der Waals surface area contributed by atoms with Crippen LogP contribution in [0.25, 0.3) is 0 Å². The Morgan fingerprint density at radius 1 is 1.50 bits per heavy atom. The van der Waals surface area contributed by atoms with Gasteiger partial charge in [0, 0.05) is 6.04 Å². The van der Waals surface area contributed by atoms with Crippen LogP contribution in [0, 0.1) is 5.92 Å². The van der Waals surface area contributed by atoms with Crippen LogP contribution in [0.15, 0.2) is 12.2 Å². The Bertz CT molecular complexity index is 242. The summed E-state index contributed by atoms with van der Waals surface area (Å²) in [7, 11) is 0. The molecule has 0 aromatic rings. The van der Waals surface area contributed by atoms with Crippen LogP contribution in [0.3, 0.4) is 0 Å². The maximum absolute atomic E-state index is 9.72. The summed E-state index contributed by atoms with van der Waals surface area (Å²) in [5, 5.41) is 9.72. The fraction of sp³-hybridized carbons (Fsp3) is 0.857. The van der Waals surface area contributed by atoms with Gasteiger partial charge < -0.3 is 10.0 Å². The minimum absolute atomic E-state index is 0.560. The molecule has 0 radical (unpaired) electrons. The van der Waals surface area contributed by atoms with Crippen molar-refractivity contribution in [2.45, 2.75) is 58.6 Å². The molecule has 2 heteroatoms. The molecule has 0 saturated carbocycles. The van der Waals surface area contributed by atoms with Crippen molar-refractivity contribution in [3.05, 3.63) is 12.2 Å². The molecule has 94 valence electrons. The van der Waals surface area contributed by atoms with E-state index in [1.54, 1.807) is 0 Å². The van der Waals surface area contributed by atoms with Crippen molar-refractivity contribution < 1.29 is 5.11 Å². The summed E-state index contributed by atoms with van der Waals surface area (Å²) in [5.74, 6) is 0.627. The standard InChI is InChI=1S/C14H27NO/c1-6-15-10-8-13(12(15)3)11(2)7-9-14(4,5)16/h12-13,16H,2,6-10H2,1,3-5H3. The molecule has 0 amide bonds. The molecule has 2 nitrogen and oxygen atoms in total. The first kappa shape index (κ1) is 13.7. The minimum Gasteiger partial charge on any atom is -0.390 e. The zero-order chi connectivity index (χ0) is 12.3. The lowest BCUT2D eigenvalue weighted by Crippen LogP contribution is -2.30. The Hall–Kier alpha value is -0.340. The topological polar surface area (TPSA) is 23.5 Å². The highest BCUT2D eigenvalue weighted by atomic mass is 16.3. The molecule has 1 aliphatic heterocycles. The van der Waals surface area contributed by atoms with Crippen molar-refractivity contribution in [2.24, 2.45) is 5.92 Å². The number of rotatable bonds is 5. The van der Waals surface area contributed by atoms with Gasteiger partial charge in [0.1, 0.15) is 0 Å². The van der Waals surface area contributed by atoms with E-state index in [0.29, 0.717) is 12.0 Å². The second-order valence-corrected chi connectivity index (χ2v) is 5.74. The number of hydrogen-bond donors (Lipinski definition) is 1. The van der Waals surface area contributed by atoms with Gasteiger partial charge in [-0.25, -0.2) is 0 Å². The molecule has 2 unspecified atom stereocenters. The van der Waals surface area contributed by atoms with Crippen molar-refractivity contribution >= 4 is 0 Å². The predicted molar refractivity (Wildman–Crippen MR) is 69.5 cm³/mol. The van der Waals surface area contributed by atoms with E-state index in [4.69, 9.17) is 0 Å². The fourth-order valence-electron chi connectivity index (χ4n) is 2.65. The summed E-state index contributed by atoms with van der Waals surface area (Å²) in [4.78, 5) is 2.51. The van der Waals surface area contributed by atoms with Gasteiger partial charge in [0.15, 0.2) is 0 Å². The summed E-state index contributed by atoms with van der Waals surface area (Å²) < 4.78 is 0. The number of hydrogen-bond acceptors (Lipinski definition) is 2. The maximum atomic E-state index is 9.72. The van der Waals surface area contributed by atoms with Gasteiger partial charge in [-0.1, -0.05) is 19.1 Å². The molecule has 1 aliphatic rings. The smallest absolute Gasteiger partial charge is 0.0594 e. The van der Waals surface area contributed by atoms with Gasteiger partial charge in [0.05, 0.1) is 5.60 Å². The number of likely N-dealkylation sites (tertiary alicyclic amines) is 1. The second kappa shape index (κ2) is 5.33. The van der Waals surface area contributed by atoms with Gasteiger partial charge >= 0.3 is 0 Å². The molecule has 2 atom stereocenters. The third-order valence-electron chi connectivity index (χ3n) is 3.87. The molecular weight excluding hydrogens is 198 g/mol. The molecule has 0 aliphatic carbocycles. The van der Waals surface area contributed by atoms with E-state index in [1.807, 2.05) is 13.8 Å². The van der Waals surface area contributed by atoms with E-state index >= 15 is 0 Å². The predicted octanol–water partition coefficient (Wildman–Crippen LogP) is 2.82. The normalized spacial score (nSPS) is 27.3. The van der Waals surface area contributed by atoms with Crippen LogP contribution in [-0.2, 0) is 0 Å². The lowest BCUT2D eigenvalue weighted by Gasteiger charge is -2.26. The van der Waals surface area contributed by atoms with Crippen LogP contribution in [0.5, 0.6) is 0 Å². The monoisotopic (exact) mass is 225 g/mol. The molecule has 0 aromatic heterocycles. The van der Waals surface area contributed by atoms with Crippen LogP contribution in [0.1, 0.15) is 47.0 Å². The van der Waals surface area contributed by atoms with E-state index in [0.717, 1.165) is 19.4 Å². The van der Waals surface area contributed by atoms with Crippen molar-refractivity contribution in [1.29, 1.82) is 0 Å². The molecule has 0 aromatic carbocycles. The van der Waals surface area contributed by atoms with E-state index in [-0.39, 0.29) is 0 Å². The Morgan fingerprint density at radius 2 is 2.12 bits per heavy atom. The zero-order valence-electron chi connectivity index (χ0n) is 11.3. The third kappa shape index (κ3) is 3.60. The zero-order valence-corrected chi connectivity index (χ0v) is 11.3. The van der Waals surface area contributed by atoms with Crippen molar-refractivity contribution in [3.63, 3.8) is 0 Å². The largest absolute Gasteiger partial charge is 0.390 e. The van der Waals surface area contributed by atoms with E-state index < -0.39 is 5.60 Å². The Morgan fingerprint density at radius 3 is 2.56 bits per heavy atom. The van der Waals surface area contributed by atoms with Crippen molar-refractivity contribution in [2.75, 3.05) is 13.1 Å². The Balaban J connectivity index is 2.44. The SMILES string of the molecule is C=C(CCC(C)(C)O)C1CCN(CC)C1C. The second-order valence-electron chi connectivity index (χ2n) is 5.74. The Labute approximate surface area is 100 Å². The van der Waals surface area contributed by atoms with E-state index in [1.165, 1.54) is 18.5 Å². The Kier molecular flexibility index (Phi) is 4.57.